The maximum absolute atomic E-state index is 12.3. The Morgan fingerprint density at radius 3 is 2.73 bits per heavy atom. The van der Waals surface area contributed by atoms with E-state index in [9.17, 15) is 4.79 Å². The fraction of sp³-hybridized carbons (Fsp3) is 0.542. The Balaban J connectivity index is 1.73. The van der Waals surface area contributed by atoms with Crippen LogP contribution < -0.4 is 15.0 Å². The summed E-state index contributed by atoms with van der Waals surface area (Å²) in [6, 6.07) is 5.70. The first-order valence-electron chi connectivity index (χ1n) is 11.2. The van der Waals surface area contributed by atoms with E-state index in [0.29, 0.717) is 24.2 Å². The van der Waals surface area contributed by atoms with Gasteiger partial charge in [-0.25, -0.2) is 14.8 Å². The minimum atomic E-state index is -0.528. The van der Waals surface area contributed by atoms with E-state index in [2.05, 4.69) is 25.1 Å². The van der Waals surface area contributed by atoms with Crippen molar-refractivity contribution in [3.63, 3.8) is 0 Å². The van der Waals surface area contributed by atoms with Gasteiger partial charge in [-0.15, -0.1) is 0 Å². The molecule has 8 nitrogen and oxygen atoms in total. The van der Waals surface area contributed by atoms with Crippen molar-refractivity contribution < 1.29 is 14.3 Å². The van der Waals surface area contributed by atoms with E-state index in [0.717, 1.165) is 42.7 Å². The lowest BCUT2D eigenvalue weighted by molar-refractivity contribution is 0.0500. The van der Waals surface area contributed by atoms with E-state index < -0.39 is 11.7 Å². The van der Waals surface area contributed by atoms with Crippen LogP contribution in [0.1, 0.15) is 33.6 Å². The number of nitrogens with zero attached hydrogens (tertiary/aromatic N) is 4. The highest BCUT2D eigenvalue weighted by Crippen LogP contribution is 2.34. The van der Waals surface area contributed by atoms with Crippen molar-refractivity contribution in [2.24, 2.45) is 0 Å². The van der Waals surface area contributed by atoms with Crippen molar-refractivity contribution in [2.75, 3.05) is 45.2 Å². The molecule has 9 heteroatoms. The average molecular weight is 476 g/mol. The molecule has 1 N–H and O–H groups in total. The molecule has 0 bridgehead atoms. The molecule has 0 aliphatic carbocycles. The number of halogens is 1. The van der Waals surface area contributed by atoms with Crippen LogP contribution in [0, 0.1) is 0 Å². The topological polar surface area (TPSA) is 79.8 Å². The van der Waals surface area contributed by atoms with Gasteiger partial charge in [-0.1, -0.05) is 11.6 Å². The van der Waals surface area contributed by atoms with Crippen LogP contribution >= 0.6 is 11.6 Å². The van der Waals surface area contributed by atoms with E-state index in [4.69, 9.17) is 21.1 Å². The highest BCUT2D eigenvalue weighted by atomic mass is 35.5. The molecule has 0 saturated carbocycles. The summed E-state index contributed by atoms with van der Waals surface area (Å²) in [7, 11) is 4.01. The Morgan fingerprint density at radius 1 is 1.27 bits per heavy atom. The normalized spacial score (nSPS) is 16.6. The van der Waals surface area contributed by atoms with Gasteiger partial charge in [-0.2, -0.15) is 0 Å². The number of ether oxygens (including phenoxy) is 2. The Kier molecular flexibility index (Phi) is 8.37. The third-order valence-electron chi connectivity index (χ3n) is 5.17. The maximum atomic E-state index is 12.3. The van der Waals surface area contributed by atoms with Gasteiger partial charge >= 0.3 is 6.09 Å². The van der Waals surface area contributed by atoms with Crippen molar-refractivity contribution in [1.82, 2.24) is 20.2 Å². The second-order valence-corrected chi connectivity index (χ2v) is 9.88. The molecule has 0 radical (unpaired) electrons. The number of carbonyl (C=O) groups excluding carboxylic acids is 1. The van der Waals surface area contributed by atoms with Gasteiger partial charge in [0.05, 0.1) is 0 Å². The smallest absolute Gasteiger partial charge is 0.407 e. The first-order chi connectivity index (χ1) is 15.6. The predicted molar refractivity (Wildman–Crippen MR) is 131 cm³/mol. The zero-order chi connectivity index (χ0) is 24.0. The average Bonchev–Trinajstić information content (AvgIpc) is 2.73. The second-order valence-electron chi connectivity index (χ2n) is 9.49. The molecule has 3 heterocycles. The van der Waals surface area contributed by atoms with Crippen molar-refractivity contribution >= 4 is 23.4 Å². The number of piperidine rings is 1. The van der Waals surface area contributed by atoms with Gasteiger partial charge in [-0.05, 0) is 59.8 Å². The lowest BCUT2D eigenvalue weighted by Gasteiger charge is -2.36. The largest absolute Gasteiger partial charge is 0.476 e. The molecule has 1 amide bonds. The fourth-order valence-electron chi connectivity index (χ4n) is 3.65. The zero-order valence-corrected chi connectivity index (χ0v) is 20.9. The molecular weight excluding hydrogens is 442 g/mol. The number of aromatic nitrogens is 2. The van der Waals surface area contributed by atoms with E-state index >= 15 is 0 Å². The third-order valence-corrected chi connectivity index (χ3v) is 5.37. The molecule has 1 aliphatic heterocycles. The lowest BCUT2D eigenvalue weighted by Crippen LogP contribution is -2.49. The molecule has 180 valence electrons. The maximum Gasteiger partial charge on any atom is 0.407 e. The number of anilines is 1. The Morgan fingerprint density at radius 2 is 2.06 bits per heavy atom. The minimum absolute atomic E-state index is 0.0148. The van der Waals surface area contributed by atoms with E-state index in [1.165, 1.54) is 0 Å². The Labute approximate surface area is 201 Å². The van der Waals surface area contributed by atoms with Gasteiger partial charge in [0.15, 0.2) is 0 Å². The van der Waals surface area contributed by atoms with Gasteiger partial charge < -0.3 is 24.6 Å². The van der Waals surface area contributed by atoms with E-state index in [1.54, 1.807) is 12.4 Å². The molecule has 0 spiro atoms. The molecular formula is C24H34ClN5O3. The van der Waals surface area contributed by atoms with E-state index in [1.807, 2.05) is 53.1 Å². The summed E-state index contributed by atoms with van der Waals surface area (Å²) in [5.41, 5.74) is 2.30. The SMILES string of the molecule is CN(C)CCOc1ccc(-c2cnc(Cl)cc2N2CCC[C@H](NC(=O)OC(C)(C)C)C2)cn1. The highest BCUT2D eigenvalue weighted by Gasteiger charge is 2.26. The molecule has 1 saturated heterocycles. The molecule has 33 heavy (non-hydrogen) atoms. The number of carbonyl (C=O) groups is 1. The van der Waals surface area contributed by atoms with Crippen LogP contribution in [0.25, 0.3) is 11.1 Å². The summed E-state index contributed by atoms with van der Waals surface area (Å²) in [4.78, 5) is 25.3. The van der Waals surface area contributed by atoms with Crippen LogP contribution in [0.5, 0.6) is 5.88 Å². The minimum Gasteiger partial charge on any atom is -0.476 e. The molecule has 1 aliphatic rings. The lowest BCUT2D eigenvalue weighted by atomic mass is 10.0. The van der Waals surface area contributed by atoms with Gasteiger partial charge in [-0.3, -0.25) is 0 Å². The molecule has 1 atom stereocenters. The number of amides is 1. The zero-order valence-electron chi connectivity index (χ0n) is 20.1. The van der Waals surface area contributed by atoms with E-state index in [-0.39, 0.29) is 6.04 Å². The number of hydrogen-bond acceptors (Lipinski definition) is 7. The van der Waals surface area contributed by atoms with Gasteiger partial charge in [0.2, 0.25) is 5.88 Å². The summed E-state index contributed by atoms with van der Waals surface area (Å²) in [5, 5.41) is 3.42. The molecule has 1 fully saturated rings. The summed E-state index contributed by atoms with van der Waals surface area (Å²) in [6.45, 7) is 8.49. The van der Waals surface area contributed by atoms with Crippen LogP contribution in [0.3, 0.4) is 0 Å². The predicted octanol–water partition coefficient (Wildman–Crippen LogP) is 4.23. The summed E-state index contributed by atoms with van der Waals surface area (Å²) in [6.07, 6.45) is 5.00. The monoisotopic (exact) mass is 475 g/mol. The highest BCUT2D eigenvalue weighted by molar-refractivity contribution is 6.29. The molecule has 0 aromatic carbocycles. The number of likely N-dealkylation sites (N-methyl/N-ethyl adjacent to an activating group) is 1. The molecule has 2 aromatic rings. The van der Waals surface area contributed by atoms with Crippen molar-refractivity contribution in [2.45, 2.75) is 45.3 Å². The van der Waals surface area contributed by atoms with Gasteiger partial charge in [0, 0.05) is 61.0 Å². The first kappa shape index (κ1) is 25.1. The number of hydrogen-bond donors (Lipinski definition) is 1. The van der Waals surface area contributed by atoms with Crippen LogP contribution in [0.4, 0.5) is 10.5 Å². The van der Waals surface area contributed by atoms with Gasteiger partial charge in [0.1, 0.15) is 17.4 Å². The van der Waals surface area contributed by atoms with Crippen LogP contribution in [0.15, 0.2) is 30.6 Å². The number of nitrogens with one attached hydrogen (secondary N) is 1. The fourth-order valence-corrected chi connectivity index (χ4v) is 3.80. The second kappa shape index (κ2) is 11.0. The van der Waals surface area contributed by atoms with Crippen molar-refractivity contribution in [3.05, 3.63) is 35.7 Å². The Bertz CT molecular complexity index is 931. The summed E-state index contributed by atoms with van der Waals surface area (Å²) >= 11 is 6.26. The number of rotatable bonds is 7. The van der Waals surface area contributed by atoms with Crippen LogP contribution in [-0.2, 0) is 4.74 Å². The molecule has 3 rings (SSSR count). The van der Waals surface area contributed by atoms with Gasteiger partial charge in [0.25, 0.3) is 0 Å². The van der Waals surface area contributed by atoms with Crippen LogP contribution in [0.2, 0.25) is 5.15 Å². The van der Waals surface area contributed by atoms with Crippen molar-refractivity contribution in [3.8, 4) is 17.0 Å². The third kappa shape index (κ3) is 7.75. The standard InChI is InChI=1S/C24H34ClN5O3/c1-24(2,3)33-23(31)28-18-7-6-10-30(16-18)20-13-21(25)26-15-19(20)17-8-9-22(27-14-17)32-12-11-29(4)5/h8-9,13-15,18H,6-7,10-12,16H2,1-5H3,(H,28,31)/t18-/m0/s1. The van der Waals surface area contributed by atoms with Crippen molar-refractivity contribution in [1.29, 1.82) is 0 Å². The Hall–Kier alpha value is -2.58. The summed E-state index contributed by atoms with van der Waals surface area (Å²) in [5.74, 6) is 0.587. The molecule has 0 unspecified atom stereocenters. The quantitative estimate of drug-likeness (QED) is 0.600. The first-order valence-corrected chi connectivity index (χ1v) is 11.6. The number of pyridine rings is 2. The molecule has 2 aromatic heterocycles. The van der Waals surface area contributed by atoms with Crippen LogP contribution in [-0.4, -0.2) is 72.9 Å². The summed E-state index contributed by atoms with van der Waals surface area (Å²) < 4.78 is 11.1. The number of alkyl carbamates (subject to hydrolysis) is 1.